The number of hydrogen-bond acceptors (Lipinski definition) is 3. The monoisotopic (exact) mass is 257 g/mol. The molecule has 0 unspecified atom stereocenters. The fourth-order valence-electron chi connectivity index (χ4n) is 2.00. The highest BCUT2D eigenvalue weighted by Gasteiger charge is 2.11. The zero-order chi connectivity index (χ0) is 12.5. The predicted octanol–water partition coefficient (Wildman–Crippen LogP) is 3.07. The Morgan fingerprint density at radius 3 is 2.89 bits per heavy atom. The minimum atomic E-state index is 0.577. The van der Waals surface area contributed by atoms with Gasteiger partial charge in [-0.05, 0) is 36.5 Å². The normalized spacial score (nSPS) is 10.7. The molecule has 0 bridgehead atoms. The van der Waals surface area contributed by atoms with E-state index in [2.05, 4.69) is 10.2 Å². The molecule has 0 fully saturated rings. The van der Waals surface area contributed by atoms with E-state index in [1.807, 2.05) is 47.0 Å². The van der Waals surface area contributed by atoms with Crippen molar-refractivity contribution in [3.8, 4) is 17.0 Å². The van der Waals surface area contributed by atoms with Gasteiger partial charge in [-0.3, -0.25) is 9.50 Å². The fraction of sp³-hybridized carbons (Fsp3) is 0.0769. The first-order chi connectivity index (χ1) is 8.81. The van der Waals surface area contributed by atoms with Crippen LogP contribution in [0.25, 0.3) is 16.8 Å². The molecule has 0 spiro atoms. The van der Waals surface area contributed by atoms with Gasteiger partial charge in [-0.15, -0.1) is 0 Å². The molecule has 2 aromatic heterocycles. The molecule has 0 aliphatic carbocycles. The number of benzene rings is 1. The second kappa shape index (κ2) is 4.27. The first-order valence-electron chi connectivity index (χ1n) is 5.50. The minimum Gasteiger partial charge on any atom is -0.496 e. The molecular formula is C13H11N3OS. The lowest BCUT2D eigenvalue weighted by molar-refractivity contribution is 0.416. The van der Waals surface area contributed by atoms with Gasteiger partial charge >= 0.3 is 0 Å². The Hall–Kier alpha value is -2.14. The van der Waals surface area contributed by atoms with Gasteiger partial charge in [-0.1, -0.05) is 12.1 Å². The molecule has 0 aliphatic rings. The third-order valence-electron chi connectivity index (χ3n) is 2.84. The lowest BCUT2D eigenvalue weighted by Gasteiger charge is -2.08. The number of rotatable bonds is 2. The van der Waals surface area contributed by atoms with Crippen LogP contribution in [0.1, 0.15) is 0 Å². The molecule has 0 amide bonds. The lowest BCUT2D eigenvalue weighted by atomic mass is 10.1. The van der Waals surface area contributed by atoms with Crippen LogP contribution in [0.2, 0.25) is 0 Å². The van der Waals surface area contributed by atoms with Crippen molar-refractivity contribution in [1.82, 2.24) is 14.6 Å². The summed E-state index contributed by atoms with van der Waals surface area (Å²) in [6.45, 7) is 0. The molecule has 0 radical (unpaired) electrons. The van der Waals surface area contributed by atoms with E-state index in [0.29, 0.717) is 4.77 Å². The number of aromatic nitrogens is 3. The third-order valence-corrected chi connectivity index (χ3v) is 3.12. The quantitative estimate of drug-likeness (QED) is 0.717. The van der Waals surface area contributed by atoms with Gasteiger partial charge in [-0.2, -0.15) is 5.10 Å². The van der Waals surface area contributed by atoms with Gasteiger partial charge in [0.1, 0.15) is 11.4 Å². The van der Waals surface area contributed by atoms with Crippen molar-refractivity contribution < 1.29 is 4.74 Å². The standard InChI is InChI=1S/C13H11N3OS/c1-17-11-7-3-2-5-9(11)12-10-6-4-8-16(10)13(18)15-14-12/h2-8H,1H3,(H,15,18). The van der Waals surface area contributed by atoms with Crippen LogP contribution >= 0.6 is 12.2 Å². The van der Waals surface area contributed by atoms with E-state index in [1.165, 1.54) is 0 Å². The van der Waals surface area contributed by atoms with Crippen molar-refractivity contribution >= 4 is 17.7 Å². The molecule has 90 valence electrons. The van der Waals surface area contributed by atoms with Crippen LogP contribution in [0, 0.1) is 4.77 Å². The van der Waals surface area contributed by atoms with Crippen LogP contribution in [0.4, 0.5) is 0 Å². The SMILES string of the molecule is COc1ccccc1-c1n[nH]c(=S)n2cccc12. The molecule has 0 aliphatic heterocycles. The van der Waals surface area contributed by atoms with Gasteiger partial charge in [0.15, 0.2) is 4.77 Å². The smallest absolute Gasteiger partial charge is 0.198 e. The second-order valence-electron chi connectivity index (χ2n) is 3.84. The fourth-order valence-corrected chi connectivity index (χ4v) is 2.21. The number of hydrogen-bond donors (Lipinski definition) is 1. The van der Waals surface area contributed by atoms with Gasteiger partial charge < -0.3 is 4.74 Å². The van der Waals surface area contributed by atoms with Crippen LogP contribution in [-0.2, 0) is 0 Å². The lowest BCUT2D eigenvalue weighted by Crippen LogP contribution is -1.97. The van der Waals surface area contributed by atoms with Crippen molar-refractivity contribution in [1.29, 1.82) is 0 Å². The van der Waals surface area contributed by atoms with Gasteiger partial charge in [0.05, 0.1) is 12.6 Å². The Morgan fingerprint density at radius 2 is 2.06 bits per heavy atom. The van der Waals surface area contributed by atoms with Gasteiger partial charge in [0, 0.05) is 11.8 Å². The molecule has 4 nitrogen and oxygen atoms in total. The average Bonchev–Trinajstić information content (AvgIpc) is 2.89. The largest absolute Gasteiger partial charge is 0.496 e. The predicted molar refractivity (Wildman–Crippen MR) is 72.4 cm³/mol. The number of methoxy groups -OCH3 is 1. The minimum absolute atomic E-state index is 0.577. The molecule has 3 aromatic rings. The maximum atomic E-state index is 5.37. The highest BCUT2D eigenvalue weighted by Crippen LogP contribution is 2.30. The summed E-state index contributed by atoms with van der Waals surface area (Å²) in [6, 6.07) is 11.7. The molecule has 0 atom stereocenters. The summed E-state index contributed by atoms with van der Waals surface area (Å²) in [6.07, 6.45) is 1.91. The summed E-state index contributed by atoms with van der Waals surface area (Å²) in [5, 5.41) is 7.18. The Kier molecular flexibility index (Phi) is 2.60. The van der Waals surface area contributed by atoms with E-state index in [0.717, 1.165) is 22.5 Å². The number of nitrogens with one attached hydrogen (secondary N) is 1. The first-order valence-corrected chi connectivity index (χ1v) is 5.91. The summed E-state index contributed by atoms with van der Waals surface area (Å²) >= 11 is 5.19. The Labute approximate surface area is 109 Å². The van der Waals surface area contributed by atoms with E-state index in [-0.39, 0.29) is 0 Å². The molecule has 18 heavy (non-hydrogen) atoms. The van der Waals surface area contributed by atoms with E-state index in [9.17, 15) is 0 Å². The van der Waals surface area contributed by atoms with E-state index in [1.54, 1.807) is 7.11 Å². The first kappa shape index (κ1) is 11.0. The van der Waals surface area contributed by atoms with Gasteiger partial charge in [0.25, 0.3) is 0 Å². The van der Waals surface area contributed by atoms with Crippen LogP contribution < -0.4 is 4.74 Å². The molecule has 0 saturated carbocycles. The molecular weight excluding hydrogens is 246 g/mol. The third kappa shape index (κ3) is 1.60. The number of aromatic amines is 1. The second-order valence-corrected chi connectivity index (χ2v) is 4.23. The van der Waals surface area contributed by atoms with Crippen molar-refractivity contribution in [2.24, 2.45) is 0 Å². The van der Waals surface area contributed by atoms with Crippen molar-refractivity contribution in [3.05, 3.63) is 47.4 Å². The molecule has 0 saturated heterocycles. The average molecular weight is 257 g/mol. The number of ether oxygens (including phenoxy) is 1. The van der Waals surface area contributed by atoms with Crippen molar-refractivity contribution in [2.75, 3.05) is 7.11 Å². The number of H-pyrrole nitrogens is 1. The summed E-state index contributed by atoms with van der Waals surface area (Å²) in [5.74, 6) is 0.790. The Bertz CT molecular complexity index is 760. The number of nitrogens with zero attached hydrogens (tertiary/aromatic N) is 2. The maximum Gasteiger partial charge on any atom is 0.198 e. The van der Waals surface area contributed by atoms with Crippen LogP contribution in [0.5, 0.6) is 5.75 Å². The zero-order valence-electron chi connectivity index (χ0n) is 9.75. The molecule has 1 aromatic carbocycles. The van der Waals surface area contributed by atoms with Gasteiger partial charge in [-0.25, -0.2) is 0 Å². The summed E-state index contributed by atoms with van der Waals surface area (Å²) in [7, 11) is 1.65. The maximum absolute atomic E-state index is 5.37. The van der Waals surface area contributed by atoms with Crippen molar-refractivity contribution in [2.45, 2.75) is 0 Å². The zero-order valence-corrected chi connectivity index (χ0v) is 10.6. The van der Waals surface area contributed by atoms with E-state index < -0.39 is 0 Å². The van der Waals surface area contributed by atoms with Gasteiger partial charge in [0.2, 0.25) is 0 Å². The summed E-state index contributed by atoms with van der Waals surface area (Å²) in [4.78, 5) is 0. The van der Waals surface area contributed by atoms with E-state index >= 15 is 0 Å². The molecule has 3 rings (SSSR count). The summed E-state index contributed by atoms with van der Waals surface area (Å²) in [5.41, 5.74) is 2.73. The molecule has 1 N–H and O–H groups in total. The highest BCUT2D eigenvalue weighted by atomic mass is 32.1. The molecule has 2 heterocycles. The van der Waals surface area contributed by atoms with Crippen LogP contribution in [-0.4, -0.2) is 21.7 Å². The van der Waals surface area contributed by atoms with E-state index in [4.69, 9.17) is 17.0 Å². The topological polar surface area (TPSA) is 42.3 Å². The Balaban J connectivity index is 2.35. The number of para-hydroxylation sites is 1. The highest BCUT2D eigenvalue weighted by molar-refractivity contribution is 7.71. The van der Waals surface area contributed by atoms with Crippen LogP contribution in [0.15, 0.2) is 42.6 Å². The molecule has 5 heteroatoms. The Morgan fingerprint density at radius 1 is 1.22 bits per heavy atom. The summed E-state index contributed by atoms with van der Waals surface area (Å²) < 4.78 is 7.84. The van der Waals surface area contributed by atoms with Crippen LogP contribution in [0.3, 0.4) is 0 Å². The van der Waals surface area contributed by atoms with Crippen molar-refractivity contribution in [3.63, 3.8) is 0 Å². The number of fused-ring (bicyclic) bond motifs is 1.